The summed E-state index contributed by atoms with van der Waals surface area (Å²) in [5, 5.41) is 7.73. The molecule has 0 radical (unpaired) electrons. The number of methoxy groups -OCH3 is 1. The number of nitrogens with zero attached hydrogens (tertiary/aromatic N) is 2. The van der Waals surface area contributed by atoms with Crippen LogP contribution in [0.5, 0.6) is 5.75 Å². The molecule has 1 aromatic heterocycles. The van der Waals surface area contributed by atoms with Gasteiger partial charge in [-0.1, -0.05) is 19.9 Å². The van der Waals surface area contributed by atoms with Crippen molar-refractivity contribution in [3.8, 4) is 11.4 Å². The van der Waals surface area contributed by atoms with E-state index in [1.165, 1.54) is 5.56 Å². The fourth-order valence-corrected chi connectivity index (χ4v) is 1.67. The summed E-state index contributed by atoms with van der Waals surface area (Å²) < 4.78 is 7.07. The molecule has 0 bridgehead atoms. The van der Waals surface area contributed by atoms with Crippen molar-refractivity contribution < 1.29 is 4.74 Å². The number of hydrogen-bond acceptors (Lipinski definition) is 3. The summed E-state index contributed by atoms with van der Waals surface area (Å²) in [6.45, 7) is 5.10. The lowest BCUT2D eigenvalue weighted by Crippen LogP contribution is -2.21. The Kier molecular flexibility index (Phi) is 3.99. The van der Waals surface area contributed by atoms with Crippen LogP contribution in [0.15, 0.2) is 36.7 Å². The zero-order valence-electron chi connectivity index (χ0n) is 11.1. The number of aromatic nitrogens is 2. The van der Waals surface area contributed by atoms with Crippen LogP contribution in [-0.4, -0.2) is 22.9 Å². The van der Waals surface area contributed by atoms with Gasteiger partial charge in [0.1, 0.15) is 5.75 Å². The van der Waals surface area contributed by atoms with Gasteiger partial charge in [-0.3, -0.25) is 0 Å². The summed E-state index contributed by atoms with van der Waals surface area (Å²) in [6.07, 6.45) is 3.92. The predicted molar refractivity (Wildman–Crippen MR) is 72.1 cm³/mol. The van der Waals surface area contributed by atoms with E-state index in [0.29, 0.717) is 6.04 Å². The minimum absolute atomic E-state index is 0.477. The molecule has 1 N–H and O–H groups in total. The Morgan fingerprint density at radius 1 is 1.39 bits per heavy atom. The third-order valence-corrected chi connectivity index (χ3v) is 2.67. The molecule has 96 valence electrons. The lowest BCUT2D eigenvalue weighted by molar-refractivity contribution is 0.414. The highest BCUT2D eigenvalue weighted by molar-refractivity contribution is 5.38. The van der Waals surface area contributed by atoms with Crippen LogP contribution < -0.4 is 10.1 Å². The van der Waals surface area contributed by atoms with Gasteiger partial charge in [0.25, 0.3) is 0 Å². The van der Waals surface area contributed by atoms with Gasteiger partial charge in [0.15, 0.2) is 0 Å². The van der Waals surface area contributed by atoms with Gasteiger partial charge in [0.2, 0.25) is 0 Å². The SMILES string of the molecule is COc1cccc(-n2cc(CNC(C)C)cn2)c1. The largest absolute Gasteiger partial charge is 0.497 e. The van der Waals surface area contributed by atoms with Gasteiger partial charge < -0.3 is 10.1 Å². The van der Waals surface area contributed by atoms with Gasteiger partial charge in [-0.05, 0) is 12.1 Å². The molecule has 0 unspecified atom stereocenters. The first kappa shape index (κ1) is 12.6. The maximum Gasteiger partial charge on any atom is 0.121 e. The first-order valence-electron chi connectivity index (χ1n) is 6.10. The molecule has 1 aromatic carbocycles. The molecule has 0 amide bonds. The zero-order chi connectivity index (χ0) is 13.0. The normalized spacial score (nSPS) is 10.9. The molecule has 0 saturated heterocycles. The van der Waals surface area contributed by atoms with Crippen molar-refractivity contribution in [2.75, 3.05) is 7.11 Å². The van der Waals surface area contributed by atoms with Crippen molar-refractivity contribution in [3.63, 3.8) is 0 Å². The third-order valence-electron chi connectivity index (χ3n) is 2.67. The first-order valence-corrected chi connectivity index (χ1v) is 6.10. The molecular formula is C14H19N3O. The van der Waals surface area contributed by atoms with Crippen molar-refractivity contribution in [1.82, 2.24) is 15.1 Å². The summed E-state index contributed by atoms with van der Waals surface area (Å²) in [5.41, 5.74) is 2.18. The lowest BCUT2D eigenvalue weighted by atomic mass is 10.3. The van der Waals surface area contributed by atoms with Gasteiger partial charge in [-0.15, -0.1) is 0 Å². The van der Waals surface area contributed by atoms with E-state index in [4.69, 9.17) is 4.74 Å². The van der Waals surface area contributed by atoms with Crippen LogP contribution >= 0.6 is 0 Å². The minimum atomic E-state index is 0.477. The zero-order valence-corrected chi connectivity index (χ0v) is 11.1. The summed E-state index contributed by atoms with van der Waals surface area (Å²) in [7, 11) is 1.67. The van der Waals surface area contributed by atoms with E-state index in [9.17, 15) is 0 Å². The van der Waals surface area contributed by atoms with Gasteiger partial charge >= 0.3 is 0 Å². The molecule has 0 aliphatic rings. The van der Waals surface area contributed by atoms with Crippen LogP contribution in [0, 0.1) is 0 Å². The van der Waals surface area contributed by atoms with E-state index < -0.39 is 0 Å². The second kappa shape index (κ2) is 5.69. The molecule has 0 fully saturated rings. The Hall–Kier alpha value is -1.81. The van der Waals surface area contributed by atoms with Gasteiger partial charge in [-0.2, -0.15) is 5.10 Å². The molecule has 0 saturated carbocycles. The Balaban J connectivity index is 2.13. The lowest BCUT2D eigenvalue weighted by Gasteiger charge is -2.05. The number of nitrogens with one attached hydrogen (secondary N) is 1. The molecule has 4 heteroatoms. The second-order valence-electron chi connectivity index (χ2n) is 4.53. The molecule has 1 heterocycles. The number of hydrogen-bond donors (Lipinski definition) is 1. The van der Waals surface area contributed by atoms with Gasteiger partial charge in [-0.25, -0.2) is 4.68 Å². The number of ether oxygens (including phenoxy) is 1. The first-order chi connectivity index (χ1) is 8.69. The molecule has 4 nitrogen and oxygen atoms in total. The summed E-state index contributed by atoms with van der Waals surface area (Å²) in [4.78, 5) is 0. The van der Waals surface area contributed by atoms with E-state index in [2.05, 4.69) is 24.3 Å². The highest BCUT2D eigenvalue weighted by Gasteiger charge is 2.02. The van der Waals surface area contributed by atoms with E-state index in [1.807, 2.05) is 41.3 Å². The molecule has 0 spiro atoms. The summed E-state index contributed by atoms with van der Waals surface area (Å²) >= 11 is 0. The van der Waals surface area contributed by atoms with Crippen molar-refractivity contribution >= 4 is 0 Å². The Labute approximate surface area is 108 Å². The monoisotopic (exact) mass is 245 g/mol. The second-order valence-corrected chi connectivity index (χ2v) is 4.53. The van der Waals surface area contributed by atoms with Crippen molar-refractivity contribution in [3.05, 3.63) is 42.2 Å². The molecule has 0 aliphatic carbocycles. The highest BCUT2D eigenvalue weighted by atomic mass is 16.5. The summed E-state index contributed by atoms with van der Waals surface area (Å²) in [6, 6.07) is 8.34. The maximum atomic E-state index is 5.21. The van der Waals surface area contributed by atoms with Gasteiger partial charge in [0.05, 0.1) is 19.0 Å². The maximum absolute atomic E-state index is 5.21. The fourth-order valence-electron chi connectivity index (χ4n) is 1.67. The highest BCUT2D eigenvalue weighted by Crippen LogP contribution is 2.16. The Morgan fingerprint density at radius 2 is 2.22 bits per heavy atom. The van der Waals surface area contributed by atoms with Crippen molar-refractivity contribution in [2.45, 2.75) is 26.4 Å². The van der Waals surface area contributed by atoms with Crippen molar-refractivity contribution in [1.29, 1.82) is 0 Å². The third kappa shape index (κ3) is 3.11. The smallest absolute Gasteiger partial charge is 0.121 e. The van der Waals surface area contributed by atoms with Crippen LogP contribution in [0.1, 0.15) is 19.4 Å². The number of benzene rings is 1. The van der Waals surface area contributed by atoms with Crippen LogP contribution in [0.3, 0.4) is 0 Å². The predicted octanol–water partition coefficient (Wildman–Crippen LogP) is 2.38. The fraction of sp³-hybridized carbons (Fsp3) is 0.357. The Bertz CT molecular complexity index is 505. The van der Waals surface area contributed by atoms with E-state index >= 15 is 0 Å². The van der Waals surface area contributed by atoms with Crippen LogP contribution in [0.4, 0.5) is 0 Å². The molecule has 2 rings (SSSR count). The van der Waals surface area contributed by atoms with E-state index in [1.54, 1.807) is 7.11 Å². The molecule has 2 aromatic rings. The van der Waals surface area contributed by atoms with Crippen LogP contribution in [0.2, 0.25) is 0 Å². The van der Waals surface area contributed by atoms with Crippen molar-refractivity contribution in [2.24, 2.45) is 0 Å². The number of rotatable bonds is 5. The van der Waals surface area contributed by atoms with Crippen LogP contribution in [-0.2, 0) is 6.54 Å². The molecular weight excluding hydrogens is 226 g/mol. The Morgan fingerprint density at radius 3 is 2.94 bits per heavy atom. The minimum Gasteiger partial charge on any atom is -0.497 e. The average molecular weight is 245 g/mol. The summed E-state index contributed by atoms with van der Waals surface area (Å²) in [5.74, 6) is 0.838. The quantitative estimate of drug-likeness (QED) is 0.879. The van der Waals surface area contributed by atoms with E-state index in [0.717, 1.165) is 18.0 Å². The molecule has 18 heavy (non-hydrogen) atoms. The molecule has 0 atom stereocenters. The van der Waals surface area contributed by atoms with E-state index in [-0.39, 0.29) is 0 Å². The standard InChI is InChI=1S/C14H19N3O/c1-11(2)15-8-12-9-16-17(10-12)13-5-4-6-14(7-13)18-3/h4-7,9-11,15H,8H2,1-3H3. The van der Waals surface area contributed by atoms with Gasteiger partial charge in [0, 0.05) is 30.4 Å². The topological polar surface area (TPSA) is 39.1 Å². The van der Waals surface area contributed by atoms with Crippen LogP contribution in [0.25, 0.3) is 5.69 Å². The molecule has 0 aliphatic heterocycles. The average Bonchev–Trinajstić information content (AvgIpc) is 2.85.